The fourth-order valence-corrected chi connectivity index (χ4v) is 2.00. The number of carbonyl (C=O) groups is 1. The monoisotopic (exact) mass is 276 g/mol. The number of nitrogens with zero attached hydrogens (tertiary/aromatic N) is 1. The van der Waals surface area contributed by atoms with Crippen molar-refractivity contribution in [1.82, 2.24) is 5.32 Å². The fourth-order valence-electron chi connectivity index (χ4n) is 2.00. The summed E-state index contributed by atoms with van der Waals surface area (Å²) in [6.07, 6.45) is 0.797. The number of hydrogen-bond donors (Lipinski definition) is 1. The summed E-state index contributed by atoms with van der Waals surface area (Å²) in [6.45, 7) is 3.99. The lowest BCUT2D eigenvalue weighted by molar-refractivity contribution is -0.131. The Morgan fingerprint density at radius 3 is 3.00 bits per heavy atom. The Kier molecular flexibility index (Phi) is 4.61. The van der Waals surface area contributed by atoms with E-state index in [4.69, 9.17) is 9.57 Å². The second-order valence-corrected chi connectivity index (χ2v) is 4.85. The lowest BCUT2D eigenvalue weighted by Crippen LogP contribution is -2.39. The van der Waals surface area contributed by atoms with E-state index in [1.807, 2.05) is 38.1 Å². The molecule has 0 saturated heterocycles. The van der Waals surface area contributed by atoms with Crippen LogP contribution in [-0.2, 0) is 9.63 Å². The largest absolute Gasteiger partial charge is 0.496 e. The van der Waals surface area contributed by atoms with Crippen molar-refractivity contribution in [1.29, 1.82) is 0 Å². The van der Waals surface area contributed by atoms with Crippen molar-refractivity contribution in [2.45, 2.75) is 38.8 Å². The number of ether oxygens (including phenoxy) is 1. The van der Waals surface area contributed by atoms with Crippen LogP contribution in [0.5, 0.6) is 5.75 Å². The third-order valence-electron chi connectivity index (χ3n) is 3.38. The van der Waals surface area contributed by atoms with Gasteiger partial charge in [0.25, 0.3) is 5.91 Å². The maximum atomic E-state index is 12.0. The van der Waals surface area contributed by atoms with E-state index in [1.165, 1.54) is 0 Å². The maximum Gasteiger partial charge on any atom is 0.264 e. The van der Waals surface area contributed by atoms with Crippen LogP contribution in [0.4, 0.5) is 0 Å². The van der Waals surface area contributed by atoms with Gasteiger partial charge in [-0.2, -0.15) is 0 Å². The lowest BCUT2D eigenvalue weighted by Gasteiger charge is -2.14. The van der Waals surface area contributed by atoms with E-state index in [1.54, 1.807) is 7.11 Å². The number of rotatable bonds is 5. The number of benzene rings is 1. The zero-order chi connectivity index (χ0) is 14.5. The van der Waals surface area contributed by atoms with Gasteiger partial charge in [-0.05, 0) is 25.5 Å². The minimum Gasteiger partial charge on any atom is -0.496 e. The minimum atomic E-state index is -0.552. The zero-order valence-electron chi connectivity index (χ0n) is 12.1. The SMILES string of the molecule is CC[C@@H](C)NC(=O)[C@H]1CC(c2ccccc2OC)=NO1. The van der Waals surface area contributed by atoms with Gasteiger partial charge in [0, 0.05) is 18.0 Å². The van der Waals surface area contributed by atoms with Crippen LogP contribution < -0.4 is 10.1 Å². The Labute approximate surface area is 118 Å². The van der Waals surface area contributed by atoms with Crippen LogP contribution >= 0.6 is 0 Å². The highest BCUT2D eigenvalue weighted by Crippen LogP contribution is 2.24. The van der Waals surface area contributed by atoms with Crippen LogP contribution in [0, 0.1) is 0 Å². The van der Waals surface area contributed by atoms with Crippen LogP contribution in [0.2, 0.25) is 0 Å². The predicted octanol–water partition coefficient (Wildman–Crippen LogP) is 2.10. The van der Waals surface area contributed by atoms with Crippen molar-refractivity contribution in [2.24, 2.45) is 5.16 Å². The number of oxime groups is 1. The molecule has 20 heavy (non-hydrogen) atoms. The molecule has 0 spiro atoms. The molecule has 1 aliphatic rings. The molecule has 0 aromatic heterocycles. The molecule has 2 rings (SSSR count). The van der Waals surface area contributed by atoms with Gasteiger partial charge in [0.1, 0.15) is 5.75 Å². The summed E-state index contributed by atoms with van der Waals surface area (Å²) in [7, 11) is 1.61. The molecule has 0 unspecified atom stereocenters. The topological polar surface area (TPSA) is 59.9 Å². The highest BCUT2D eigenvalue weighted by atomic mass is 16.6. The van der Waals surface area contributed by atoms with E-state index < -0.39 is 6.10 Å². The van der Waals surface area contributed by atoms with Gasteiger partial charge in [-0.15, -0.1) is 0 Å². The minimum absolute atomic E-state index is 0.118. The van der Waals surface area contributed by atoms with Crippen LogP contribution in [0.15, 0.2) is 29.4 Å². The number of methoxy groups -OCH3 is 1. The zero-order valence-corrected chi connectivity index (χ0v) is 12.1. The van der Waals surface area contributed by atoms with Crippen LogP contribution in [0.1, 0.15) is 32.3 Å². The van der Waals surface area contributed by atoms with Crippen LogP contribution in [-0.4, -0.2) is 30.9 Å². The number of nitrogens with one attached hydrogen (secondary N) is 1. The predicted molar refractivity (Wildman–Crippen MR) is 76.9 cm³/mol. The first-order chi connectivity index (χ1) is 9.65. The second kappa shape index (κ2) is 6.41. The van der Waals surface area contributed by atoms with Crippen LogP contribution in [0.25, 0.3) is 0 Å². The Balaban J connectivity index is 2.03. The standard InChI is InChI=1S/C15H20N2O3/c1-4-10(2)16-15(18)14-9-12(17-20-14)11-7-5-6-8-13(11)19-3/h5-8,10,14H,4,9H2,1-3H3,(H,16,18)/t10-,14-/m1/s1. The molecule has 5 nitrogen and oxygen atoms in total. The molecule has 1 N–H and O–H groups in total. The molecular formula is C15H20N2O3. The van der Waals surface area contributed by atoms with Crippen molar-refractivity contribution in [3.8, 4) is 5.75 Å². The molecule has 0 aliphatic carbocycles. The quantitative estimate of drug-likeness (QED) is 0.896. The highest BCUT2D eigenvalue weighted by molar-refractivity contribution is 6.05. The molecule has 1 aliphatic heterocycles. The number of carbonyl (C=O) groups excluding carboxylic acids is 1. The highest BCUT2D eigenvalue weighted by Gasteiger charge is 2.30. The van der Waals surface area contributed by atoms with Gasteiger partial charge in [-0.1, -0.05) is 24.2 Å². The van der Waals surface area contributed by atoms with Crippen molar-refractivity contribution < 1.29 is 14.4 Å². The first-order valence-corrected chi connectivity index (χ1v) is 6.82. The van der Waals surface area contributed by atoms with E-state index in [2.05, 4.69) is 10.5 Å². The number of para-hydroxylation sites is 1. The van der Waals surface area contributed by atoms with Crippen LogP contribution in [0.3, 0.4) is 0 Å². The third-order valence-corrected chi connectivity index (χ3v) is 3.38. The summed E-state index contributed by atoms with van der Waals surface area (Å²) >= 11 is 0. The Hall–Kier alpha value is -2.04. The summed E-state index contributed by atoms with van der Waals surface area (Å²) in [4.78, 5) is 17.3. The summed E-state index contributed by atoms with van der Waals surface area (Å²) < 4.78 is 5.30. The van der Waals surface area contributed by atoms with Gasteiger partial charge in [-0.3, -0.25) is 4.79 Å². The van der Waals surface area contributed by atoms with Gasteiger partial charge < -0.3 is 14.9 Å². The normalized spacial score (nSPS) is 18.9. The van der Waals surface area contributed by atoms with E-state index in [-0.39, 0.29) is 11.9 Å². The summed E-state index contributed by atoms with van der Waals surface area (Å²) in [5.41, 5.74) is 1.61. The van der Waals surface area contributed by atoms with Crippen molar-refractivity contribution in [3.05, 3.63) is 29.8 Å². The number of hydrogen-bond acceptors (Lipinski definition) is 4. The molecule has 0 radical (unpaired) electrons. The van der Waals surface area contributed by atoms with Gasteiger partial charge in [-0.25, -0.2) is 0 Å². The number of amides is 1. The van der Waals surface area contributed by atoms with Gasteiger partial charge >= 0.3 is 0 Å². The molecule has 0 fully saturated rings. The average Bonchev–Trinajstić information content (AvgIpc) is 2.96. The van der Waals surface area contributed by atoms with E-state index in [0.29, 0.717) is 6.42 Å². The van der Waals surface area contributed by atoms with Crippen molar-refractivity contribution >= 4 is 11.6 Å². The summed E-state index contributed by atoms with van der Waals surface area (Å²) in [6, 6.07) is 7.72. The second-order valence-electron chi connectivity index (χ2n) is 4.85. The summed E-state index contributed by atoms with van der Waals surface area (Å²) in [5, 5.41) is 6.93. The molecule has 2 atom stereocenters. The van der Waals surface area contributed by atoms with Crippen molar-refractivity contribution in [3.63, 3.8) is 0 Å². The Bertz CT molecular complexity index is 514. The van der Waals surface area contributed by atoms with Gasteiger partial charge in [0.15, 0.2) is 0 Å². The molecule has 108 valence electrons. The first kappa shape index (κ1) is 14.4. The van der Waals surface area contributed by atoms with E-state index in [0.717, 1.165) is 23.4 Å². The Morgan fingerprint density at radius 2 is 2.30 bits per heavy atom. The maximum absolute atomic E-state index is 12.0. The molecule has 0 bridgehead atoms. The average molecular weight is 276 g/mol. The summed E-state index contributed by atoms with van der Waals surface area (Å²) in [5.74, 6) is 0.617. The van der Waals surface area contributed by atoms with E-state index >= 15 is 0 Å². The molecule has 1 amide bonds. The fraction of sp³-hybridized carbons (Fsp3) is 0.467. The lowest BCUT2D eigenvalue weighted by atomic mass is 10.0. The smallest absolute Gasteiger partial charge is 0.264 e. The van der Waals surface area contributed by atoms with Gasteiger partial charge in [0.05, 0.1) is 12.8 Å². The Morgan fingerprint density at radius 1 is 1.55 bits per heavy atom. The molecule has 1 aromatic carbocycles. The van der Waals surface area contributed by atoms with Crippen molar-refractivity contribution in [2.75, 3.05) is 7.11 Å². The van der Waals surface area contributed by atoms with Gasteiger partial charge in [0.2, 0.25) is 6.10 Å². The third kappa shape index (κ3) is 3.10. The molecule has 1 heterocycles. The molecule has 0 saturated carbocycles. The molecule has 5 heteroatoms. The first-order valence-electron chi connectivity index (χ1n) is 6.82. The van der Waals surface area contributed by atoms with E-state index in [9.17, 15) is 4.79 Å². The molecular weight excluding hydrogens is 256 g/mol. The molecule has 1 aromatic rings.